The van der Waals surface area contributed by atoms with Gasteiger partial charge in [0.15, 0.2) is 5.13 Å². The lowest BCUT2D eigenvalue weighted by Crippen LogP contribution is -2.48. The average molecular weight is 285 g/mol. The monoisotopic (exact) mass is 285 g/mol. The van der Waals surface area contributed by atoms with Gasteiger partial charge in [0.05, 0.1) is 22.6 Å². The van der Waals surface area contributed by atoms with Crippen molar-refractivity contribution in [3.63, 3.8) is 0 Å². The van der Waals surface area contributed by atoms with Crippen LogP contribution in [0.4, 0.5) is 5.13 Å². The number of aryl methyl sites for hydroxylation is 1. The molecule has 1 aliphatic rings. The molecule has 1 saturated heterocycles. The van der Waals surface area contributed by atoms with Gasteiger partial charge >= 0.3 is 0 Å². The third-order valence-electron chi connectivity index (χ3n) is 3.77. The summed E-state index contributed by atoms with van der Waals surface area (Å²) in [5.41, 5.74) is 2.49. The third kappa shape index (κ3) is 1.79. The van der Waals surface area contributed by atoms with Gasteiger partial charge in [0, 0.05) is 13.1 Å². The van der Waals surface area contributed by atoms with E-state index >= 15 is 0 Å². The molecule has 4 rings (SSSR count). The Kier molecular flexibility index (Phi) is 2.70. The van der Waals surface area contributed by atoms with Crippen LogP contribution in [0.25, 0.3) is 10.2 Å². The van der Waals surface area contributed by atoms with Crippen LogP contribution in [0.15, 0.2) is 30.6 Å². The molecule has 0 radical (unpaired) electrons. The van der Waals surface area contributed by atoms with Crippen LogP contribution in [0.3, 0.4) is 0 Å². The lowest BCUT2D eigenvalue weighted by molar-refractivity contribution is 0.332. The number of benzene rings is 1. The summed E-state index contributed by atoms with van der Waals surface area (Å²) in [4.78, 5) is 8.91. The number of anilines is 1. The van der Waals surface area contributed by atoms with Gasteiger partial charge in [-0.1, -0.05) is 30.4 Å². The van der Waals surface area contributed by atoms with Gasteiger partial charge in [0.2, 0.25) is 0 Å². The molecule has 0 bridgehead atoms. The van der Waals surface area contributed by atoms with Crippen molar-refractivity contribution >= 4 is 26.7 Å². The van der Waals surface area contributed by atoms with Gasteiger partial charge in [-0.2, -0.15) is 15.0 Å². The van der Waals surface area contributed by atoms with Crippen molar-refractivity contribution in [3.8, 4) is 0 Å². The zero-order valence-corrected chi connectivity index (χ0v) is 12.0. The maximum absolute atomic E-state index is 4.82. The molecule has 0 spiro atoms. The Morgan fingerprint density at radius 3 is 2.80 bits per heavy atom. The topological polar surface area (TPSA) is 46.8 Å². The zero-order chi connectivity index (χ0) is 13.5. The van der Waals surface area contributed by atoms with E-state index in [4.69, 9.17) is 4.98 Å². The van der Waals surface area contributed by atoms with Crippen molar-refractivity contribution < 1.29 is 0 Å². The summed E-state index contributed by atoms with van der Waals surface area (Å²) >= 11 is 1.77. The average Bonchev–Trinajstić information content (AvgIpc) is 3.05. The zero-order valence-electron chi connectivity index (χ0n) is 11.2. The van der Waals surface area contributed by atoms with E-state index in [2.05, 4.69) is 40.2 Å². The molecule has 0 N–H and O–H groups in total. The molecule has 1 aliphatic heterocycles. The minimum atomic E-state index is 0.377. The predicted molar refractivity (Wildman–Crippen MR) is 80.3 cm³/mol. The Balaban J connectivity index is 1.58. The molecular formula is C14H15N5S. The van der Waals surface area contributed by atoms with Crippen LogP contribution >= 0.6 is 11.3 Å². The molecule has 6 heteroatoms. The van der Waals surface area contributed by atoms with E-state index in [1.165, 1.54) is 10.3 Å². The van der Waals surface area contributed by atoms with E-state index in [0.29, 0.717) is 6.04 Å². The van der Waals surface area contributed by atoms with Crippen LogP contribution in [0.2, 0.25) is 0 Å². The number of hydrogen-bond acceptors (Lipinski definition) is 5. The number of nitrogens with zero attached hydrogens (tertiary/aromatic N) is 5. The normalized spacial score (nSPS) is 15.8. The number of rotatable bonds is 3. The van der Waals surface area contributed by atoms with Crippen molar-refractivity contribution in [2.45, 2.75) is 19.4 Å². The van der Waals surface area contributed by atoms with E-state index in [1.54, 1.807) is 28.5 Å². The Labute approximate surface area is 120 Å². The Morgan fingerprint density at radius 2 is 2.05 bits per heavy atom. The maximum atomic E-state index is 4.82. The first kappa shape index (κ1) is 11.8. The minimum absolute atomic E-state index is 0.377. The molecular weight excluding hydrogens is 270 g/mol. The van der Waals surface area contributed by atoms with Gasteiger partial charge in [0.25, 0.3) is 0 Å². The molecule has 1 aromatic carbocycles. The van der Waals surface area contributed by atoms with Crippen LogP contribution < -0.4 is 4.90 Å². The molecule has 5 nitrogen and oxygen atoms in total. The summed E-state index contributed by atoms with van der Waals surface area (Å²) in [6, 6.07) is 6.82. The molecule has 0 aliphatic carbocycles. The lowest BCUT2D eigenvalue weighted by atomic mass is 10.1. The highest BCUT2D eigenvalue weighted by atomic mass is 32.1. The van der Waals surface area contributed by atoms with Crippen molar-refractivity contribution in [2.75, 3.05) is 18.0 Å². The fraction of sp³-hybridized carbons (Fsp3) is 0.357. The number of thiazole rings is 1. The van der Waals surface area contributed by atoms with Crippen molar-refractivity contribution in [1.29, 1.82) is 0 Å². The van der Waals surface area contributed by atoms with Gasteiger partial charge in [-0.05, 0) is 18.1 Å². The lowest BCUT2D eigenvalue weighted by Gasteiger charge is -2.37. The Morgan fingerprint density at radius 1 is 1.25 bits per heavy atom. The summed E-state index contributed by atoms with van der Waals surface area (Å²) < 4.78 is 1.28. The molecule has 0 saturated carbocycles. The number of fused-ring (bicyclic) bond motifs is 1. The van der Waals surface area contributed by atoms with Gasteiger partial charge in [-0.15, -0.1) is 0 Å². The van der Waals surface area contributed by atoms with E-state index in [1.807, 2.05) is 0 Å². The second kappa shape index (κ2) is 4.56. The molecule has 0 atom stereocenters. The van der Waals surface area contributed by atoms with Crippen LogP contribution in [0.1, 0.15) is 18.5 Å². The van der Waals surface area contributed by atoms with E-state index < -0.39 is 0 Å². The first-order chi connectivity index (χ1) is 9.85. The van der Waals surface area contributed by atoms with Crippen molar-refractivity contribution in [2.24, 2.45) is 0 Å². The quantitative estimate of drug-likeness (QED) is 0.742. The van der Waals surface area contributed by atoms with Crippen molar-refractivity contribution in [3.05, 3.63) is 36.2 Å². The summed E-state index contributed by atoms with van der Waals surface area (Å²) in [7, 11) is 0. The van der Waals surface area contributed by atoms with Crippen LogP contribution in [-0.4, -0.2) is 33.1 Å². The number of hydrogen-bond donors (Lipinski definition) is 0. The molecule has 3 heterocycles. The smallest absolute Gasteiger partial charge is 0.186 e. The Bertz CT molecular complexity index is 727. The first-order valence-corrected chi connectivity index (χ1v) is 7.66. The molecule has 20 heavy (non-hydrogen) atoms. The standard InChI is InChI=1S/C14H15N5S/c1-2-10-4-3-5-12-13(10)17-14(20-12)18-8-11(9-18)19-15-6-7-16-19/h3-7,11H,2,8-9H2,1H3. The molecule has 3 aromatic rings. The highest BCUT2D eigenvalue weighted by molar-refractivity contribution is 7.22. The highest BCUT2D eigenvalue weighted by Gasteiger charge is 2.31. The minimum Gasteiger partial charge on any atom is -0.343 e. The first-order valence-electron chi connectivity index (χ1n) is 6.84. The van der Waals surface area contributed by atoms with E-state index in [0.717, 1.165) is 30.2 Å². The molecule has 2 aromatic heterocycles. The molecule has 1 fully saturated rings. The van der Waals surface area contributed by atoms with Gasteiger partial charge < -0.3 is 4.90 Å². The predicted octanol–water partition coefficient (Wildman–Crippen LogP) is 2.51. The maximum Gasteiger partial charge on any atom is 0.186 e. The van der Waals surface area contributed by atoms with Gasteiger partial charge in [-0.25, -0.2) is 4.98 Å². The highest BCUT2D eigenvalue weighted by Crippen LogP contribution is 2.35. The van der Waals surface area contributed by atoms with Crippen LogP contribution in [0, 0.1) is 0 Å². The molecule has 102 valence electrons. The SMILES string of the molecule is CCc1cccc2sc(N3CC(n4nccn4)C3)nc12. The third-order valence-corrected chi connectivity index (χ3v) is 4.85. The van der Waals surface area contributed by atoms with Crippen LogP contribution in [0.5, 0.6) is 0 Å². The number of para-hydroxylation sites is 1. The largest absolute Gasteiger partial charge is 0.343 e. The molecule has 0 unspecified atom stereocenters. The van der Waals surface area contributed by atoms with E-state index in [-0.39, 0.29) is 0 Å². The fourth-order valence-electron chi connectivity index (χ4n) is 2.59. The molecule has 0 amide bonds. The summed E-state index contributed by atoms with van der Waals surface area (Å²) in [5.74, 6) is 0. The van der Waals surface area contributed by atoms with Crippen LogP contribution in [-0.2, 0) is 6.42 Å². The summed E-state index contributed by atoms with van der Waals surface area (Å²) in [6.45, 7) is 4.06. The number of aromatic nitrogens is 4. The van der Waals surface area contributed by atoms with E-state index in [9.17, 15) is 0 Å². The fourth-order valence-corrected chi connectivity index (χ4v) is 3.62. The van der Waals surface area contributed by atoms with Gasteiger partial charge in [0.1, 0.15) is 6.04 Å². The van der Waals surface area contributed by atoms with Gasteiger partial charge in [-0.3, -0.25) is 0 Å². The summed E-state index contributed by atoms with van der Waals surface area (Å²) in [5, 5.41) is 9.51. The summed E-state index contributed by atoms with van der Waals surface area (Å²) in [6.07, 6.45) is 4.49. The Hall–Kier alpha value is -1.95. The second-order valence-electron chi connectivity index (χ2n) is 5.02. The van der Waals surface area contributed by atoms with Crippen molar-refractivity contribution in [1.82, 2.24) is 20.0 Å². The second-order valence-corrected chi connectivity index (χ2v) is 6.03.